The Morgan fingerprint density at radius 1 is 1.04 bits per heavy atom. The minimum Gasteiger partial charge on any atom is -0.261 e. The van der Waals surface area contributed by atoms with E-state index in [9.17, 15) is 30.4 Å². The summed E-state index contributed by atoms with van der Waals surface area (Å²) in [6.45, 7) is 0. The van der Waals surface area contributed by atoms with Crippen molar-refractivity contribution < 1.29 is 34.7 Å². The topological polar surface area (TPSA) is 79.5 Å². The van der Waals surface area contributed by atoms with Gasteiger partial charge >= 0.3 is 21.5 Å². The number of halogens is 5. The lowest BCUT2D eigenvalue weighted by atomic mass is 9.98. The van der Waals surface area contributed by atoms with Crippen molar-refractivity contribution in [2.75, 3.05) is 0 Å². The van der Waals surface area contributed by atoms with Gasteiger partial charge in [0.05, 0.1) is 0 Å². The van der Waals surface area contributed by atoms with E-state index in [1.807, 2.05) is 0 Å². The first-order valence-electron chi connectivity index (χ1n) is 6.35. The second-order valence-electron chi connectivity index (χ2n) is 4.63. The van der Waals surface area contributed by atoms with Crippen molar-refractivity contribution in [2.24, 2.45) is 5.16 Å². The minimum absolute atomic E-state index is 0.117. The van der Waals surface area contributed by atoms with Gasteiger partial charge in [-0.05, 0) is 10.8 Å². The maximum Gasteiger partial charge on any atom is 0.536 e. The van der Waals surface area contributed by atoms with Crippen LogP contribution < -0.4 is 0 Å². The van der Waals surface area contributed by atoms with Crippen molar-refractivity contribution in [1.82, 2.24) is 0 Å². The second kappa shape index (κ2) is 6.29. The van der Waals surface area contributed by atoms with Gasteiger partial charge in [-0.1, -0.05) is 47.6 Å². The van der Waals surface area contributed by atoms with Crippen molar-refractivity contribution in [3.63, 3.8) is 0 Å². The normalized spacial score (nSPS) is 13.5. The highest BCUT2D eigenvalue weighted by molar-refractivity contribution is 7.87. The van der Waals surface area contributed by atoms with Gasteiger partial charge in [-0.2, -0.15) is 35.6 Å². The molecule has 2 aromatic carbocycles. The van der Waals surface area contributed by atoms with Crippen LogP contribution in [0.2, 0.25) is 0 Å². The van der Waals surface area contributed by atoms with E-state index in [4.69, 9.17) is 5.26 Å². The molecule has 0 unspecified atom stereocenters. The minimum atomic E-state index is -6.25. The first kappa shape index (κ1) is 18.6. The summed E-state index contributed by atoms with van der Waals surface area (Å²) in [6, 6.07) is 10.3. The van der Waals surface area contributed by atoms with Crippen LogP contribution in [0.25, 0.3) is 10.8 Å². The molecule has 0 aliphatic rings. The third-order valence-corrected chi connectivity index (χ3v) is 3.83. The number of rotatable bonds is 4. The van der Waals surface area contributed by atoms with Gasteiger partial charge in [0.15, 0.2) is 5.71 Å². The molecule has 0 aromatic heterocycles. The molecule has 132 valence electrons. The summed E-state index contributed by atoms with van der Waals surface area (Å²) < 4.78 is 89.7. The lowest BCUT2D eigenvalue weighted by molar-refractivity contribution is -0.0542. The molecule has 0 saturated carbocycles. The van der Waals surface area contributed by atoms with E-state index in [-0.39, 0.29) is 5.39 Å². The lowest BCUT2D eigenvalue weighted by Gasteiger charge is -2.14. The van der Waals surface area contributed by atoms with E-state index in [1.165, 1.54) is 30.3 Å². The first-order chi connectivity index (χ1) is 11.5. The molecule has 0 aliphatic carbocycles. The van der Waals surface area contributed by atoms with Gasteiger partial charge in [-0.15, -0.1) is 0 Å². The maximum atomic E-state index is 13.9. The van der Waals surface area contributed by atoms with Crippen LogP contribution >= 0.6 is 0 Å². The summed E-state index contributed by atoms with van der Waals surface area (Å²) in [6.07, 6.45) is 0. The van der Waals surface area contributed by atoms with Gasteiger partial charge in [-0.3, -0.25) is 4.28 Å². The molecular formula is C14H7F5N2O3S. The summed E-state index contributed by atoms with van der Waals surface area (Å²) in [5.74, 6) is -4.40. The summed E-state index contributed by atoms with van der Waals surface area (Å²) >= 11 is 0. The highest BCUT2D eigenvalue weighted by Crippen LogP contribution is 2.29. The Labute approximate surface area is 138 Å². The van der Waals surface area contributed by atoms with Crippen LogP contribution in [-0.2, 0) is 14.4 Å². The van der Waals surface area contributed by atoms with Crippen LogP contribution in [0.5, 0.6) is 0 Å². The number of nitriles is 1. The van der Waals surface area contributed by atoms with E-state index in [1.54, 1.807) is 6.07 Å². The molecular weight excluding hydrogens is 371 g/mol. The largest absolute Gasteiger partial charge is 0.536 e. The van der Waals surface area contributed by atoms with Crippen LogP contribution in [0.3, 0.4) is 0 Å². The summed E-state index contributed by atoms with van der Waals surface area (Å²) in [4.78, 5) is 0. The Morgan fingerprint density at radius 3 is 2.24 bits per heavy atom. The van der Waals surface area contributed by atoms with Gasteiger partial charge in [0.1, 0.15) is 6.07 Å². The fourth-order valence-corrected chi connectivity index (χ4v) is 2.15. The van der Waals surface area contributed by atoms with Crippen LogP contribution in [-0.4, -0.2) is 25.6 Å². The monoisotopic (exact) mass is 378 g/mol. The standard InChI is InChI=1S/C14H7F5N2O3S/c15-13(16,8-20)12(21-24-25(22,23)14(17,18)19)11-7-3-5-9-4-1-2-6-10(9)11/h1-7H. The average molecular weight is 378 g/mol. The predicted molar refractivity (Wildman–Crippen MR) is 77.1 cm³/mol. The van der Waals surface area contributed by atoms with Gasteiger partial charge in [-0.25, -0.2) is 0 Å². The first-order valence-corrected chi connectivity index (χ1v) is 7.76. The molecule has 0 bridgehead atoms. The Balaban J connectivity index is 2.67. The maximum absolute atomic E-state index is 13.9. The fraction of sp³-hybridized carbons (Fsp3) is 0.143. The van der Waals surface area contributed by atoms with Crippen molar-refractivity contribution in [2.45, 2.75) is 11.4 Å². The molecule has 0 radical (unpaired) electrons. The zero-order valence-electron chi connectivity index (χ0n) is 12.0. The fourth-order valence-electron chi connectivity index (χ4n) is 1.89. The number of oxime groups is 1. The van der Waals surface area contributed by atoms with E-state index in [0.717, 1.165) is 6.07 Å². The number of alkyl halides is 5. The van der Waals surface area contributed by atoms with E-state index in [2.05, 4.69) is 9.44 Å². The van der Waals surface area contributed by atoms with Crippen LogP contribution in [0.1, 0.15) is 5.56 Å². The molecule has 11 heteroatoms. The number of benzene rings is 2. The summed E-state index contributed by atoms with van der Waals surface area (Å²) in [7, 11) is -6.25. The zero-order valence-corrected chi connectivity index (χ0v) is 12.8. The van der Waals surface area contributed by atoms with Crippen LogP contribution in [0.4, 0.5) is 22.0 Å². The molecule has 0 N–H and O–H groups in total. The molecule has 0 amide bonds. The second-order valence-corrected chi connectivity index (χ2v) is 6.15. The van der Waals surface area contributed by atoms with E-state index >= 15 is 0 Å². The molecule has 0 spiro atoms. The number of hydrogen-bond donors (Lipinski definition) is 0. The van der Waals surface area contributed by atoms with Crippen LogP contribution in [0, 0.1) is 11.3 Å². The Morgan fingerprint density at radius 2 is 1.64 bits per heavy atom. The number of fused-ring (bicyclic) bond motifs is 1. The van der Waals surface area contributed by atoms with Gasteiger partial charge in [0.2, 0.25) is 0 Å². The van der Waals surface area contributed by atoms with Crippen molar-refractivity contribution >= 4 is 26.6 Å². The van der Waals surface area contributed by atoms with Crippen molar-refractivity contribution in [1.29, 1.82) is 5.26 Å². The van der Waals surface area contributed by atoms with E-state index < -0.39 is 32.8 Å². The zero-order chi connectivity index (χ0) is 18.9. The third kappa shape index (κ3) is 3.69. The SMILES string of the molecule is N#CC(F)(F)C(=NOS(=O)(=O)C(F)(F)F)c1cccc2ccccc12. The molecule has 0 fully saturated rings. The lowest BCUT2D eigenvalue weighted by Crippen LogP contribution is -2.30. The Bertz CT molecular complexity index is 973. The Hall–Kier alpha value is -2.74. The molecule has 2 rings (SSSR count). The molecule has 0 atom stereocenters. The smallest absolute Gasteiger partial charge is 0.261 e. The summed E-state index contributed by atoms with van der Waals surface area (Å²) in [5, 5.41) is 11.6. The number of hydrogen-bond acceptors (Lipinski definition) is 5. The molecule has 0 saturated heterocycles. The van der Waals surface area contributed by atoms with E-state index in [0.29, 0.717) is 11.5 Å². The Kier molecular flexibility index (Phi) is 4.68. The predicted octanol–water partition coefficient (Wildman–Crippen LogP) is 3.57. The van der Waals surface area contributed by atoms with Crippen LogP contribution in [0.15, 0.2) is 47.6 Å². The highest BCUT2D eigenvalue weighted by Gasteiger charge is 2.49. The average Bonchev–Trinajstić information content (AvgIpc) is 2.54. The highest BCUT2D eigenvalue weighted by atomic mass is 32.2. The quantitative estimate of drug-likeness (QED) is 0.353. The molecule has 2 aromatic rings. The summed E-state index contributed by atoms with van der Waals surface area (Å²) in [5.41, 5.74) is -7.86. The van der Waals surface area contributed by atoms with Crippen molar-refractivity contribution in [3.05, 3.63) is 48.0 Å². The van der Waals surface area contributed by atoms with Gasteiger partial charge in [0, 0.05) is 5.56 Å². The number of nitrogens with zero attached hydrogens (tertiary/aromatic N) is 2. The third-order valence-electron chi connectivity index (χ3n) is 2.99. The van der Waals surface area contributed by atoms with Crippen molar-refractivity contribution in [3.8, 4) is 6.07 Å². The van der Waals surface area contributed by atoms with Gasteiger partial charge < -0.3 is 0 Å². The van der Waals surface area contributed by atoms with Gasteiger partial charge in [0.25, 0.3) is 0 Å². The molecule has 25 heavy (non-hydrogen) atoms. The molecule has 5 nitrogen and oxygen atoms in total. The molecule has 0 heterocycles. The molecule has 0 aliphatic heterocycles.